The minimum absolute atomic E-state index is 0.0467. The molecule has 2 amide bonds. The number of amides is 2. The standard InChI is InChI=1S/C32H47N3O5S/c1-4-21(2)31(37)33-29(23-12-6-5-7-13-23)32(38)34-18-17-27-30(34)26(20-35(27)41(3,39)40)28(36)19-24-15-10-14-22-11-8-9-16-25(22)24/h8-9,11,16,21,23-24,26-27,29-30H,4-7,10,12-15,17-20H2,1-3H3,(H,33,37)/t21-,24+,26-,27-,29+,30-/m1/s1. The largest absolute Gasteiger partial charge is 0.344 e. The summed E-state index contributed by atoms with van der Waals surface area (Å²) in [5.74, 6) is -0.785. The molecule has 1 aromatic carbocycles. The van der Waals surface area contributed by atoms with Crippen LogP contribution in [-0.4, -0.2) is 72.7 Å². The molecule has 8 nitrogen and oxygen atoms in total. The molecule has 1 aromatic rings. The first-order valence-corrected chi connectivity index (χ1v) is 17.6. The van der Waals surface area contributed by atoms with Crippen molar-refractivity contribution in [2.75, 3.05) is 19.3 Å². The molecule has 41 heavy (non-hydrogen) atoms. The van der Waals surface area contributed by atoms with E-state index >= 15 is 0 Å². The van der Waals surface area contributed by atoms with Crippen molar-refractivity contribution in [3.8, 4) is 0 Å². The fourth-order valence-electron chi connectivity index (χ4n) is 7.94. The van der Waals surface area contributed by atoms with Crippen molar-refractivity contribution in [1.82, 2.24) is 14.5 Å². The summed E-state index contributed by atoms with van der Waals surface area (Å²) in [6.45, 7) is 4.37. The molecule has 226 valence electrons. The SMILES string of the molecule is CC[C@@H](C)C(=O)N[C@H](C(=O)N1CC[C@@H]2[C@H]1[C@@H](C(=O)C[C@@H]1CCCc3ccccc31)CN2S(C)(=O)=O)C1CCCCC1. The molecule has 5 rings (SSSR count). The molecular formula is C32H47N3O5S. The molecule has 2 aliphatic carbocycles. The Morgan fingerprint density at radius 3 is 2.46 bits per heavy atom. The van der Waals surface area contributed by atoms with E-state index < -0.39 is 34.1 Å². The van der Waals surface area contributed by atoms with Gasteiger partial charge in [0.15, 0.2) is 0 Å². The zero-order valence-corrected chi connectivity index (χ0v) is 25.7. The van der Waals surface area contributed by atoms with Gasteiger partial charge in [0.05, 0.1) is 18.2 Å². The van der Waals surface area contributed by atoms with Crippen molar-refractivity contribution in [2.24, 2.45) is 17.8 Å². The molecule has 4 aliphatic rings. The maximum Gasteiger partial charge on any atom is 0.245 e. The van der Waals surface area contributed by atoms with Crippen molar-refractivity contribution < 1.29 is 22.8 Å². The van der Waals surface area contributed by atoms with Crippen LogP contribution >= 0.6 is 0 Å². The molecule has 0 radical (unpaired) electrons. The van der Waals surface area contributed by atoms with Crippen LogP contribution in [0.3, 0.4) is 0 Å². The minimum Gasteiger partial charge on any atom is -0.344 e. The Kier molecular flexibility index (Phi) is 9.24. The third-order valence-electron chi connectivity index (χ3n) is 10.4. The highest BCUT2D eigenvalue weighted by molar-refractivity contribution is 7.88. The quantitative estimate of drug-likeness (QED) is 0.471. The van der Waals surface area contributed by atoms with Gasteiger partial charge in [-0.1, -0.05) is 57.4 Å². The average Bonchev–Trinajstić information content (AvgIpc) is 3.56. The molecule has 0 aromatic heterocycles. The third kappa shape index (κ3) is 6.26. The number of aryl methyl sites for hydroxylation is 1. The summed E-state index contributed by atoms with van der Waals surface area (Å²) in [5.41, 5.74) is 2.52. The predicted octanol–water partition coefficient (Wildman–Crippen LogP) is 4.04. The number of Topliss-reactive ketones (excluding diaryl/α,β-unsaturated/α-hetero) is 1. The van der Waals surface area contributed by atoms with Crippen LogP contribution in [0.4, 0.5) is 0 Å². The van der Waals surface area contributed by atoms with Gasteiger partial charge in [-0.05, 0) is 67.9 Å². The Morgan fingerprint density at radius 1 is 1.02 bits per heavy atom. The number of nitrogens with one attached hydrogen (secondary N) is 1. The number of carbonyl (C=O) groups excluding carboxylic acids is 3. The van der Waals surface area contributed by atoms with E-state index in [0.29, 0.717) is 25.8 Å². The van der Waals surface area contributed by atoms with Gasteiger partial charge in [-0.25, -0.2) is 8.42 Å². The van der Waals surface area contributed by atoms with E-state index in [2.05, 4.69) is 17.4 Å². The number of fused-ring (bicyclic) bond motifs is 2. The number of hydrogen-bond acceptors (Lipinski definition) is 5. The molecule has 2 aliphatic heterocycles. The summed E-state index contributed by atoms with van der Waals surface area (Å²) in [6.07, 6.45) is 10.7. The number of nitrogens with zero attached hydrogens (tertiary/aromatic N) is 2. The van der Waals surface area contributed by atoms with Gasteiger partial charge in [0, 0.05) is 31.5 Å². The van der Waals surface area contributed by atoms with Gasteiger partial charge in [0.25, 0.3) is 0 Å². The van der Waals surface area contributed by atoms with E-state index in [1.165, 1.54) is 21.7 Å². The lowest BCUT2D eigenvalue weighted by Gasteiger charge is -2.36. The second-order valence-electron chi connectivity index (χ2n) is 13.0. The lowest BCUT2D eigenvalue weighted by Crippen LogP contribution is -2.56. The number of hydrogen-bond donors (Lipinski definition) is 1. The fraction of sp³-hybridized carbons (Fsp3) is 0.719. The Morgan fingerprint density at radius 2 is 1.76 bits per heavy atom. The van der Waals surface area contributed by atoms with Gasteiger partial charge in [-0.3, -0.25) is 14.4 Å². The van der Waals surface area contributed by atoms with Gasteiger partial charge in [-0.2, -0.15) is 4.31 Å². The smallest absolute Gasteiger partial charge is 0.245 e. The Bertz CT molecular complexity index is 1240. The van der Waals surface area contributed by atoms with E-state index in [-0.39, 0.29) is 41.9 Å². The highest BCUT2D eigenvalue weighted by Gasteiger charge is 2.56. The minimum atomic E-state index is -3.55. The lowest BCUT2D eigenvalue weighted by atomic mass is 9.78. The molecule has 6 atom stereocenters. The van der Waals surface area contributed by atoms with E-state index in [0.717, 1.165) is 51.4 Å². The molecule has 1 N–H and O–H groups in total. The third-order valence-corrected chi connectivity index (χ3v) is 11.7. The van der Waals surface area contributed by atoms with Crippen LogP contribution in [0, 0.1) is 17.8 Å². The van der Waals surface area contributed by atoms with Gasteiger partial charge in [0.2, 0.25) is 21.8 Å². The number of benzene rings is 1. The van der Waals surface area contributed by atoms with Crippen LogP contribution < -0.4 is 5.32 Å². The van der Waals surface area contributed by atoms with Crippen LogP contribution in [0.5, 0.6) is 0 Å². The van der Waals surface area contributed by atoms with Crippen molar-refractivity contribution in [2.45, 2.75) is 109 Å². The normalized spacial score (nSPS) is 28.5. The molecule has 0 bridgehead atoms. The van der Waals surface area contributed by atoms with Gasteiger partial charge >= 0.3 is 0 Å². The summed E-state index contributed by atoms with van der Waals surface area (Å²) < 4.78 is 27.2. The number of carbonyl (C=O) groups is 3. The topological polar surface area (TPSA) is 104 Å². The first-order valence-electron chi connectivity index (χ1n) is 15.8. The lowest BCUT2D eigenvalue weighted by molar-refractivity contribution is -0.141. The summed E-state index contributed by atoms with van der Waals surface area (Å²) in [6, 6.07) is 6.79. The Hall–Kier alpha value is -2.26. The monoisotopic (exact) mass is 585 g/mol. The highest BCUT2D eigenvalue weighted by atomic mass is 32.2. The van der Waals surface area contributed by atoms with E-state index in [1.807, 2.05) is 26.0 Å². The molecule has 2 heterocycles. The first kappa shape index (κ1) is 30.2. The summed E-state index contributed by atoms with van der Waals surface area (Å²) in [4.78, 5) is 43.2. The molecule has 0 unspecified atom stereocenters. The summed E-state index contributed by atoms with van der Waals surface area (Å²) in [7, 11) is -3.55. The number of rotatable bonds is 9. The van der Waals surface area contributed by atoms with Crippen molar-refractivity contribution in [1.29, 1.82) is 0 Å². The van der Waals surface area contributed by atoms with Crippen LogP contribution in [0.2, 0.25) is 0 Å². The average molecular weight is 586 g/mol. The number of likely N-dealkylation sites (tertiary alicyclic amines) is 1. The molecule has 2 saturated heterocycles. The van der Waals surface area contributed by atoms with Crippen LogP contribution in [0.1, 0.15) is 95.1 Å². The van der Waals surface area contributed by atoms with E-state index in [9.17, 15) is 22.8 Å². The number of sulfonamides is 1. The predicted molar refractivity (Wildman–Crippen MR) is 159 cm³/mol. The number of ketones is 1. The van der Waals surface area contributed by atoms with Gasteiger partial charge in [-0.15, -0.1) is 0 Å². The van der Waals surface area contributed by atoms with Crippen LogP contribution in [0.25, 0.3) is 0 Å². The van der Waals surface area contributed by atoms with E-state index in [1.54, 1.807) is 4.90 Å². The summed E-state index contributed by atoms with van der Waals surface area (Å²) >= 11 is 0. The Balaban J connectivity index is 1.41. The van der Waals surface area contributed by atoms with Crippen molar-refractivity contribution in [3.05, 3.63) is 35.4 Å². The van der Waals surface area contributed by atoms with Crippen LogP contribution in [0.15, 0.2) is 24.3 Å². The molecule has 9 heteroatoms. The second kappa shape index (κ2) is 12.5. The highest BCUT2D eigenvalue weighted by Crippen LogP contribution is 2.42. The summed E-state index contributed by atoms with van der Waals surface area (Å²) in [5, 5.41) is 3.11. The van der Waals surface area contributed by atoms with Crippen molar-refractivity contribution in [3.63, 3.8) is 0 Å². The second-order valence-corrected chi connectivity index (χ2v) is 14.9. The van der Waals surface area contributed by atoms with Gasteiger partial charge < -0.3 is 10.2 Å². The van der Waals surface area contributed by atoms with Crippen LogP contribution in [-0.2, 0) is 30.8 Å². The van der Waals surface area contributed by atoms with E-state index in [4.69, 9.17) is 0 Å². The molecular weight excluding hydrogens is 538 g/mol. The van der Waals surface area contributed by atoms with Crippen molar-refractivity contribution >= 4 is 27.6 Å². The Labute approximate surface area is 245 Å². The molecule has 3 fully saturated rings. The van der Waals surface area contributed by atoms with Gasteiger partial charge in [0.1, 0.15) is 11.8 Å². The molecule has 1 saturated carbocycles. The first-order chi connectivity index (χ1) is 19.6. The zero-order valence-electron chi connectivity index (χ0n) is 24.9. The zero-order chi connectivity index (χ0) is 29.3. The fourth-order valence-corrected chi connectivity index (χ4v) is 9.09. The maximum absolute atomic E-state index is 14.3. The maximum atomic E-state index is 14.3. The molecule has 0 spiro atoms.